The second-order valence-electron chi connectivity index (χ2n) is 5.33. The predicted molar refractivity (Wildman–Crippen MR) is 87.1 cm³/mol. The Bertz CT molecular complexity index is 512. The van der Waals surface area contributed by atoms with Crippen LogP contribution in [0.3, 0.4) is 0 Å². The summed E-state index contributed by atoms with van der Waals surface area (Å²) in [4.78, 5) is 2.12. The Balaban J connectivity index is 1.82. The summed E-state index contributed by atoms with van der Waals surface area (Å²) in [6.45, 7) is 4.01. The summed E-state index contributed by atoms with van der Waals surface area (Å²) in [6, 6.07) is 17.5. The van der Waals surface area contributed by atoms with Gasteiger partial charge >= 0.3 is 0 Å². The normalized spacial score (nSPS) is 10.6. The second-order valence-corrected chi connectivity index (χ2v) is 5.33. The Morgan fingerprint density at radius 3 is 1.65 bits per heavy atom. The van der Waals surface area contributed by atoms with Crippen LogP contribution in [-0.4, -0.2) is 14.1 Å². The molecule has 2 heteroatoms. The van der Waals surface area contributed by atoms with Gasteiger partial charge < -0.3 is 10.2 Å². The van der Waals surface area contributed by atoms with Gasteiger partial charge in [-0.1, -0.05) is 43.3 Å². The van der Waals surface area contributed by atoms with E-state index < -0.39 is 0 Å². The van der Waals surface area contributed by atoms with Crippen molar-refractivity contribution in [3.8, 4) is 0 Å². The van der Waals surface area contributed by atoms with E-state index >= 15 is 0 Å². The van der Waals surface area contributed by atoms with Crippen LogP contribution in [0.25, 0.3) is 0 Å². The van der Waals surface area contributed by atoms with Gasteiger partial charge in [0, 0.05) is 32.9 Å². The van der Waals surface area contributed by atoms with Crippen LogP contribution in [0.4, 0.5) is 5.69 Å². The van der Waals surface area contributed by atoms with Crippen LogP contribution < -0.4 is 10.2 Å². The lowest BCUT2D eigenvalue weighted by Crippen LogP contribution is -2.13. The van der Waals surface area contributed by atoms with Crippen molar-refractivity contribution >= 4 is 5.69 Å². The molecule has 0 radical (unpaired) electrons. The van der Waals surface area contributed by atoms with E-state index in [1.807, 2.05) is 0 Å². The van der Waals surface area contributed by atoms with Gasteiger partial charge in [-0.15, -0.1) is 0 Å². The van der Waals surface area contributed by atoms with Crippen LogP contribution in [0.5, 0.6) is 0 Å². The first kappa shape index (κ1) is 14.6. The van der Waals surface area contributed by atoms with Gasteiger partial charge in [0.15, 0.2) is 0 Å². The number of anilines is 1. The highest BCUT2D eigenvalue weighted by atomic mass is 15.1. The first-order chi connectivity index (χ1) is 9.69. The standard InChI is InChI=1S/C18H24N2/c1-4-15-5-7-16(8-6-15)13-19-14-17-9-11-18(12-10-17)20(2)3/h5-12,19H,4,13-14H2,1-3H3. The van der Waals surface area contributed by atoms with E-state index in [1.165, 1.54) is 22.4 Å². The lowest BCUT2D eigenvalue weighted by Gasteiger charge is -2.13. The first-order valence-electron chi connectivity index (χ1n) is 7.24. The maximum absolute atomic E-state index is 3.49. The average molecular weight is 268 g/mol. The first-order valence-corrected chi connectivity index (χ1v) is 7.24. The van der Waals surface area contributed by atoms with Gasteiger partial charge in [0.2, 0.25) is 0 Å². The molecule has 0 aliphatic carbocycles. The molecule has 0 heterocycles. The molecule has 0 unspecified atom stereocenters. The van der Waals surface area contributed by atoms with Crippen LogP contribution in [0.15, 0.2) is 48.5 Å². The number of rotatable bonds is 6. The summed E-state index contributed by atoms with van der Waals surface area (Å²) in [6.07, 6.45) is 1.10. The molecule has 0 fully saturated rings. The van der Waals surface area contributed by atoms with E-state index in [2.05, 4.69) is 79.8 Å². The van der Waals surface area contributed by atoms with Gasteiger partial charge in [-0.2, -0.15) is 0 Å². The van der Waals surface area contributed by atoms with E-state index in [4.69, 9.17) is 0 Å². The number of nitrogens with zero attached hydrogens (tertiary/aromatic N) is 1. The third-order valence-electron chi connectivity index (χ3n) is 3.54. The summed E-state index contributed by atoms with van der Waals surface area (Å²) < 4.78 is 0. The molecular weight excluding hydrogens is 244 g/mol. The third-order valence-corrected chi connectivity index (χ3v) is 3.54. The zero-order valence-electron chi connectivity index (χ0n) is 12.7. The summed E-state index contributed by atoms with van der Waals surface area (Å²) in [5, 5.41) is 3.49. The average Bonchev–Trinajstić information content (AvgIpc) is 2.48. The predicted octanol–water partition coefficient (Wildman–Crippen LogP) is 3.60. The van der Waals surface area contributed by atoms with E-state index in [9.17, 15) is 0 Å². The molecule has 0 saturated heterocycles. The van der Waals surface area contributed by atoms with Crippen molar-refractivity contribution in [2.45, 2.75) is 26.4 Å². The molecule has 2 aromatic rings. The van der Waals surface area contributed by atoms with Crippen molar-refractivity contribution in [1.82, 2.24) is 5.32 Å². The van der Waals surface area contributed by atoms with Crippen molar-refractivity contribution < 1.29 is 0 Å². The summed E-state index contributed by atoms with van der Waals surface area (Å²) in [7, 11) is 4.13. The highest BCUT2D eigenvalue weighted by molar-refractivity contribution is 5.45. The molecule has 1 N–H and O–H groups in total. The number of aryl methyl sites for hydroxylation is 1. The molecule has 0 aromatic heterocycles. The topological polar surface area (TPSA) is 15.3 Å². The molecule has 2 aromatic carbocycles. The molecule has 0 bridgehead atoms. The zero-order chi connectivity index (χ0) is 14.4. The van der Waals surface area contributed by atoms with Gasteiger partial charge in [0.05, 0.1) is 0 Å². The second kappa shape index (κ2) is 7.11. The number of hydrogen-bond acceptors (Lipinski definition) is 2. The van der Waals surface area contributed by atoms with Gasteiger partial charge in [0.1, 0.15) is 0 Å². The van der Waals surface area contributed by atoms with Crippen molar-refractivity contribution in [3.63, 3.8) is 0 Å². The van der Waals surface area contributed by atoms with E-state index in [0.717, 1.165) is 19.5 Å². The largest absolute Gasteiger partial charge is 0.378 e. The Labute approximate surface area is 122 Å². The minimum absolute atomic E-state index is 0.906. The van der Waals surface area contributed by atoms with Crippen molar-refractivity contribution in [1.29, 1.82) is 0 Å². The molecular formula is C18H24N2. The number of benzene rings is 2. The van der Waals surface area contributed by atoms with Crippen LogP contribution in [0, 0.1) is 0 Å². The van der Waals surface area contributed by atoms with Crippen LogP contribution in [-0.2, 0) is 19.5 Å². The molecule has 106 valence electrons. The zero-order valence-corrected chi connectivity index (χ0v) is 12.7. The minimum Gasteiger partial charge on any atom is -0.378 e. The van der Waals surface area contributed by atoms with Gasteiger partial charge in [-0.05, 0) is 35.2 Å². The highest BCUT2D eigenvalue weighted by Crippen LogP contribution is 2.12. The van der Waals surface area contributed by atoms with Crippen LogP contribution in [0.2, 0.25) is 0 Å². The Morgan fingerprint density at radius 2 is 1.20 bits per heavy atom. The maximum atomic E-state index is 3.49. The van der Waals surface area contributed by atoms with Crippen LogP contribution in [0.1, 0.15) is 23.6 Å². The third kappa shape index (κ3) is 4.10. The molecule has 0 atom stereocenters. The summed E-state index contributed by atoms with van der Waals surface area (Å²) in [5.74, 6) is 0. The molecule has 0 saturated carbocycles. The highest BCUT2D eigenvalue weighted by Gasteiger charge is 1.97. The fourth-order valence-corrected chi connectivity index (χ4v) is 2.16. The minimum atomic E-state index is 0.906. The maximum Gasteiger partial charge on any atom is 0.0361 e. The summed E-state index contributed by atoms with van der Waals surface area (Å²) >= 11 is 0. The van der Waals surface area contributed by atoms with E-state index in [-0.39, 0.29) is 0 Å². The fraction of sp³-hybridized carbons (Fsp3) is 0.333. The number of hydrogen-bond donors (Lipinski definition) is 1. The quantitative estimate of drug-likeness (QED) is 0.861. The Morgan fingerprint density at radius 1 is 0.750 bits per heavy atom. The molecule has 0 amide bonds. The van der Waals surface area contributed by atoms with E-state index in [0.29, 0.717) is 0 Å². The van der Waals surface area contributed by atoms with Gasteiger partial charge in [0.25, 0.3) is 0 Å². The van der Waals surface area contributed by atoms with Crippen molar-refractivity contribution in [2.75, 3.05) is 19.0 Å². The lowest BCUT2D eigenvalue weighted by atomic mass is 10.1. The van der Waals surface area contributed by atoms with Crippen LogP contribution >= 0.6 is 0 Å². The Hall–Kier alpha value is -1.80. The smallest absolute Gasteiger partial charge is 0.0361 e. The van der Waals surface area contributed by atoms with Crippen molar-refractivity contribution in [3.05, 3.63) is 65.2 Å². The Kier molecular flexibility index (Phi) is 5.19. The molecule has 0 spiro atoms. The monoisotopic (exact) mass is 268 g/mol. The molecule has 0 aliphatic heterocycles. The SMILES string of the molecule is CCc1ccc(CNCc2ccc(N(C)C)cc2)cc1. The van der Waals surface area contributed by atoms with E-state index in [1.54, 1.807) is 0 Å². The van der Waals surface area contributed by atoms with Gasteiger partial charge in [-0.25, -0.2) is 0 Å². The molecule has 0 aliphatic rings. The molecule has 2 rings (SSSR count). The molecule has 2 nitrogen and oxygen atoms in total. The fourth-order valence-electron chi connectivity index (χ4n) is 2.16. The number of nitrogens with one attached hydrogen (secondary N) is 1. The summed E-state index contributed by atoms with van der Waals surface area (Å²) in [5.41, 5.74) is 5.30. The van der Waals surface area contributed by atoms with Crippen molar-refractivity contribution in [2.24, 2.45) is 0 Å². The lowest BCUT2D eigenvalue weighted by molar-refractivity contribution is 0.693. The molecule has 20 heavy (non-hydrogen) atoms. The van der Waals surface area contributed by atoms with Gasteiger partial charge in [-0.3, -0.25) is 0 Å².